The summed E-state index contributed by atoms with van der Waals surface area (Å²) in [5.74, 6) is 2.29. The van der Waals surface area contributed by atoms with Crippen molar-refractivity contribution < 1.29 is 4.79 Å². The van der Waals surface area contributed by atoms with Crippen LogP contribution >= 0.6 is 11.9 Å². The molecular formula is C33H63N7OS. The molecule has 9 heteroatoms. The van der Waals surface area contributed by atoms with Gasteiger partial charge in [0.25, 0.3) is 0 Å². The van der Waals surface area contributed by atoms with E-state index in [2.05, 4.69) is 65.1 Å². The van der Waals surface area contributed by atoms with E-state index in [1.165, 1.54) is 57.9 Å². The van der Waals surface area contributed by atoms with Gasteiger partial charge >= 0.3 is 0 Å². The molecule has 0 aromatic heterocycles. The summed E-state index contributed by atoms with van der Waals surface area (Å²) in [7, 11) is 3.98. The lowest BCUT2D eigenvalue weighted by atomic mass is 9.78. The van der Waals surface area contributed by atoms with Crippen LogP contribution in [0, 0.1) is 23.2 Å². The molecule has 5 heterocycles. The predicted octanol–water partition coefficient (Wildman–Crippen LogP) is 4.04. The Bertz CT molecular complexity index is 886. The van der Waals surface area contributed by atoms with Crippen LogP contribution in [0.5, 0.6) is 0 Å². The molecule has 4 bridgehead atoms. The lowest BCUT2D eigenvalue weighted by Crippen LogP contribution is -2.63. The molecule has 5 saturated heterocycles. The number of carbonyl (C=O) groups is 1. The zero-order valence-electron chi connectivity index (χ0n) is 27.9. The second kappa shape index (κ2) is 13.9. The fraction of sp³-hybridized carbons (Fsp3) is 0.970. The molecule has 5 rings (SSSR count). The smallest absolute Gasteiger partial charge is 0.236 e. The number of rotatable bonds is 3. The Balaban J connectivity index is 1.31. The molecule has 7 unspecified atom stereocenters. The number of hydrogen-bond acceptors (Lipinski definition) is 8. The topological polar surface area (TPSA) is 74.9 Å². The molecular weight excluding hydrogens is 542 g/mol. The summed E-state index contributed by atoms with van der Waals surface area (Å²) in [4.78, 5) is 19.7. The predicted molar refractivity (Wildman–Crippen MR) is 176 cm³/mol. The second-order valence-corrected chi connectivity index (χ2v) is 17.4. The van der Waals surface area contributed by atoms with Gasteiger partial charge in [-0.1, -0.05) is 32.7 Å². The quantitative estimate of drug-likeness (QED) is 0.360. The molecule has 5 aliphatic rings. The van der Waals surface area contributed by atoms with Crippen molar-refractivity contribution in [1.29, 1.82) is 0 Å². The van der Waals surface area contributed by atoms with Gasteiger partial charge in [0.15, 0.2) is 0 Å². The van der Waals surface area contributed by atoms with Gasteiger partial charge in [0.1, 0.15) is 0 Å². The minimum absolute atomic E-state index is 0.212. The van der Waals surface area contributed by atoms with E-state index in [1.807, 2.05) is 30.9 Å². The maximum atomic E-state index is 12.7. The van der Waals surface area contributed by atoms with Gasteiger partial charge in [-0.25, -0.2) is 0 Å². The molecule has 42 heavy (non-hydrogen) atoms. The number of amides is 1. The van der Waals surface area contributed by atoms with E-state index in [0.29, 0.717) is 48.2 Å². The number of likely N-dealkylation sites (tertiary alicyclic amines) is 1. The number of nitrogens with zero attached hydrogens (tertiary/aromatic N) is 3. The van der Waals surface area contributed by atoms with Crippen LogP contribution in [0.3, 0.4) is 0 Å². The summed E-state index contributed by atoms with van der Waals surface area (Å²) in [6.07, 6.45) is 13.2. The summed E-state index contributed by atoms with van der Waals surface area (Å²) < 4.78 is 3.87. The Morgan fingerprint density at radius 3 is 2.40 bits per heavy atom. The van der Waals surface area contributed by atoms with Gasteiger partial charge in [0.05, 0.1) is 24.3 Å². The van der Waals surface area contributed by atoms with Crippen molar-refractivity contribution in [2.75, 3.05) is 46.8 Å². The fourth-order valence-electron chi connectivity index (χ4n) is 8.73. The third kappa shape index (κ3) is 8.24. The molecule has 0 radical (unpaired) electrons. The Morgan fingerprint density at radius 2 is 1.69 bits per heavy atom. The van der Waals surface area contributed by atoms with Gasteiger partial charge in [-0.3, -0.25) is 30.4 Å². The summed E-state index contributed by atoms with van der Waals surface area (Å²) in [5, 5.41) is 12.8. The van der Waals surface area contributed by atoms with Crippen molar-refractivity contribution in [3.05, 3.63) is 0 Å². The van der Waals surface area contributed by atoms with Gasteiger partial charge in [0, 0.05) is 49.7 Å². The van der Waals surface area contributed by atoms with E-state index < -0.39 is 0 Å². The molecule has 0 aromatic carbocycles. The summed E-state index contributed by atoms with van der Waals surface area (Å²) in [5.41, 5.74) is 0.490. The first-order valence-corrected chi connectivity index (χ1v) is 18.1. The van der Waals surface area contributed by atoms with Crippen molar-refractivity contribution in [3.8, 4) is 0 Å². The molecule has 0 aromatic rings. The minimum Gasteiger partial charge on any atom is -0.342 e. The van der Waals surface area contributed by atoms with E-state index in [1.54, 1.807) is 0 Å². The van der Waals surface area contributed by atoms with Crippen LogP contribution in [0.1, 0.15) is 98.8 Å². The van der Waals surface area contributed by atoms with Crippen molar-refractivity contribution >= 4 is 17.9 Å². The highest BCUT2D eigenvalue weighted by molar-refractivity contribution is 7.98. The molecule has 8 nitrogen and oxygen atoms in total. The summed E-state index contributed by atoms with van der Waals surface area (Å²) in [6, 6.07) is 1.08. The fourth-order valence-corrected chi connectivity index (χ4v) is 9.76. The first-order valence-electron chi connectivity index (χ1n) is 17.2. The molecule has 0 saturated carbocycles. The average Bonchev–Trinajstić information content (AvgIpc) is 3.23. The van der Waals surface area contributed by atoms with Gasteiger partial charge in [-0.05, 0) is 109 Å². The lowest BCUT2D eigenvalue weighted by molar-refractivity contribution is -0.133. The van der Waals surface area contributed by atoms with Crippen molar-refractivity contribution in [2.45, 2.75) is 134 Å². The van der Waals surface area contributed by atoms with E-state index in [0.717, 1.165) is 38.4 Å². The first kappa shape index (κ1) is 33.0. The van der Waals surface area contributed by atoms with E-state index in [4.69, 9.17) is 0 Å². The molecule has 1 amide bonds. The number of carbonyl (C=O) groups excluding carboxylic acids is 1. The number of likely N-dealkylation sites (N-methyl/N-ethyl adjacent to an activating group) is 1. The molecule has 4 N–H and O–H groups in total. The van der Waals surface area contributed by atoms with Gasteiger partial charge in [-0.15, -0.1) is 0 Å². The largest absolute Gasteiger partial charge is 0.342 e. The summed E-state index contributed by atoms with van der Waals surface area (Å²) >= 11 is 1.94. The Labute approximate surface area is 261 Å². The van der Waals surface area contributed by atoms with E-state index in [9.17, 15) is 4.79 Å². The highest BCUT2D eigenvalue weighted by Crippen LogP contribution is 2.41. The molecule has 8 atom stereocenters. The third-order valence-corrected chi connectivity index (χ3v) is 12.2. The number of fused-ring (bicyclic) bond motifs is 6. The number of nitrogens with one attached hydrogen (secondary N) is 4. The zero-order valence-corrected chi connectivity index (χ0v) is 28.7. The van der Waals surface area contributed by atoms with Crippen LogP contribution in [0.15, 0.2) is 0 Å². The highest BCUT2D eigenvalue weighted by Gasteiger charge is 2.47. The number of hydrogen-bond donors (Lipinski definition) is 4. The van der Waals surface area contributed by atoms with Crippen LogP contribution in [0.4, 0.5) is 0 Å². The Kier molecular flexibility index (Phi) is 10.9. The molecule has 0 spiro atoms. The molecule has 242 valence electrons. The van der Waals surface area contributed by atoms with Crippen molar-refractivity contribution in [3.63, 3.8) is 0 Å². The van der Waals surface area contributed by atoms with Crippen LogP contribution in [0.25, 0.3) is 0 Å². The van der Waals surface area contributed by atoms with Crippen LogP contribution in [-0.4, -0.2) is 103 Å². The maximum absolute atomic E-state index is 12.7. The van der Waals surface area contributed by atoms with Crippen LogP contribution in [0.2, 0.25) is 0 Å². The summed E-state index contributed by atoms with van der Waals surface area (Å²) in [6.45, 7) is 16.8. The van der Waals surface area contributed by atoms with Crippen LogP contribution in [-0.2, 0) is 4.79 Å². The molecule has 5 fully saturated rings. The Hall–Kier alpha value is -0.420. The first-order chi connectivity index (χ1) is 19.9. The third-order valence-electron chi connectivity index (χ3n) is 11.2. The standard InChI is InChI=1S/C33H63N7OS/c1-32(2,3)27-14-12-25-20-34-42-29-10-8-9-28(37-29)35-26(24-15-17-39(18-16-24)30(41)22-38(6)7)13-11-23-19-33(4,5)40(21-23)31(25)36-27/h23-29,31,34-37H,8-22H2,1-7H3/t23-,25?,26?,27?,28?,29?,31?/m0/s1. The second-order valence-electron chi connectivity index (χ2n) is 16.3. The maximum Gasteiger partial charge on any atom is 0.236 e. The normalized spacial score (nSPS) is 38.9. The van der Waals surface area contributed by atoms with Gasteiger partial charge in [-0.2, -0.15) is 0 Å². The minimum atomic E-state index is 0.212. The highest BCUT2D eigenvalue weighted by atomic mass is 32.2. The Morgan fingerprint density at radius 1 is 0.929 bits per heavy atom. The van der Waals surface area contributed by atoms with Gasteiger partial charge < -0.3 is 9.80 Å². The van der Waals surface area contributed by atoms with Gasteiger partial charge in [0.2, 0.25) is 5.91 Å². The van der Waals surface area contributed by atoms with Crippen LogP contribution < -0.4 is 20.7 Å². The molecule has 0 aliphatic carbocycles. The monoisotopic (exact) mass is 605 g/mol. The van der Waals surface area contributed by atoms with Crippen molar-refractivity contribution in [2.24, 2.45) is 23.2 Å². The average molecular weight is 606 g/mol. The van der Waals surface area contributed by atoms with E-state index in [-0.39, 0.29) is 16.9 Å². The van der Waals surface area contributed by atoms with Crippen molar-refractivity contribution in [1.82, 2.24) is 35.4 Å². The lowest BCUT2D eigenvalue weighted by Gasteiger charge is -2.50. The number of piperidine rings is 3. The zero-order chi connectivity index (χ0) is 30.1. The van der Waals surface area contributed by atoms with E-state index >= 15 is 0 Å². The molecule has 5 aliphatic heterocycles. The SMILES string of the molecule is CN(C)CC(=O)N1CCC(C2CC[C@@H]3CN(C4NC(C(C)(C)C)CCC4CNSC4CCCC(N4)N2)C(C)(C)C3)CC1.